The second-order valence-corrected chi connectivity index (χ2v) is 5.19. The van der Waals surface area contributed by atoms with Crippen LogP contribution in [-0.4, -0.2) is 47.6 Å². The smallest absolute Gasteiger partial charge is 0.328 e. The molecule has 6 heteroatoms. The number of ether oxygens (including phenoxy) is 1. The Morgan fingerprint density at radius 1 is 1.43 bits per heavy atom. The monoisotopic (exact) mass is 292 g/mol. The number of methoxy groups -OCH3 is 1. The van der Waals surface area contributed by atoms with Crippen LogP contribution in [0.2, 0.25) is 0 Å². The first-order valence-electron chi connectivity index (χ1n) is 6.94. The summed E-state index contributed by atoms with van der Waals surface area (Å²) in [4.78, 5) is 25.6. The summed E-state index contributed by atoms with van der Waals surface area (Å²) in [5.41, 5.74) is 6.83. The third kappa shape index (κ3) is 3.52. The molecule has 1 fully saturated rings. The van der Waals surface area contributed by atoms with Gasteiger partial charge in [-0.05, 0) is 37.0 Å². The molecule has 1 unspecified atom stereocenters. The Morgan fingerprint density at radius 3 is 2.71 bits per heavy atom. The lowest BCUT2D eigenvalue weighted by molar-refractivity contribution is -0.151. The van der Waals surface area contributed by atoms with Gasteiger partial charge >= 0.3 is 5.97 Å². The van der Waals surface area contributed by atoms with Gasteiger partial charge in [-0.2, -0.15) is 0 Å². The van der Waals surface area contributed by atoms with Crippen molar-refractivity contribution in [2.45, 2.75) is 31.3 Å². The minimum Gasteiger partial charge on any atom is -0.508 e. The van der Waals surface area contributed by atoms with Crippen LogP contribution in [0.5, 0.6) is 5.75 Å². The Kier molecular flexibility index (Phi) is 4.80. The van der Waals surface area contributed by atoms with Crippen molar-refractivity contribution in [1.29, 1.82) is 0 Å². The third-order valence-corrected chi connectivity index (χ3v) is 3.72. The third-order valence-electron chi connectivity index (χ3n) is 3.72. The molecule has 1 amide bonds. The van der Waals surface area contributed by atoms with E-state index in [1.54, 1.807) is 24.3 Å². The number of amides is 1. The molecule has 21 heavy (non-hydrogen) atoms. The Balaban J connectivity index is 2.01. The fourth-order valence-electron chi connectivity index (χ4n) is 2.60. The lowest BCUT2D eigenvalue weighted by Gasteiger charge is -2.25. The highest BCUT2D eigenvalue weighted by Gasteiger charge is 2.36. The van der Waals surface area contributed by atoms with E-state index in [1.807, 2.05) is 0 Å². The predicted molar refractivity (Wildman–Crippen MR) is 76.5 cm³/mol. The molecular formula is C15H20N2O4. The SMILES string of the molecule is COC(=O)C1CCCN1C(=O)[C@H](N)Cc1ccc(O)cc1. The second-order valence-electron chi connectivity index (χ2n) is 5.19. The lowest BCUT2D eigenvalue weighted by atomic mass is 10.0. The lowest BCUT2D eigenvalue weighted by Crippen LogP contribution is -2.49. The zero-order chi connectivity index (χ0) is 15.4. The van der Waals surface area contributed by atoms with Crippen molar-refractivity contribution in [3.8, 4) is 5.75 Å². The van der Waals surface area contributed by atoms with Crippen molar-refractivity contribution in [2.24, 2.45) is 5.73 Å². The number of hydrogen-bond donors (Lipinski definition) is 2. The van der Waals surface area contributed by atoms with Gasteiger partial charge in [-0.15, -0.1) is 0 Å². The second kappa shape index (κ2) is 6.58. The molecule has 0 aliphatic carbocycles. The van der Waals surface area contributed by atoms with E-state index < -0.39 is 18.1 Å². The standard InChI is InChI=1S/C15H20N2O4/c1-21-15(20)13-3-2-8-17(13)14(19)12(16)9-10-4-6-11(18)7-5-10/h4-7,12-13,18H,2-3,8-9,16H2,1H3/t12-,13?/m1/s1. The van der Waals surface area contributed by atoms with Crippen LogP contribution >= 0.6 is 0 Å². The van der Waals surface area contributed by atoms with Gasteiger partial charge in [-0.1, -0.05) is 12.1 Å². The van der Waals surface area contributed by atoms with E-state index in [1.165, 1.54) is 12.0 Å². The summed E-state index contributed by atoms with van der Waals surface area (Å²) in [6.45, 7) is 0.530. The van der Waals surface area contributed by atoms with Gasteiger partial charge in [-0.25, -0.2) is 4.79 Å². The van der Waals surface area contributed by atoms with Crippen LogP contribution in [0.15, 0.2) is 24.3 Å². The van der Waals surface area contributed by atoms with Gasteiger partial charge in [0.05, 0.1) is 13.2 Å². The number of phenols is 1. The van der Waals surface area contributed by atoms with Gasteiger partial charge in [0.15, 0.2) is 0 Å². The Labute approximate surface area is 123 Å². The maximum Gasteiger partial charge on any atom is 0.328 e. The first-order valence-corrected chi connectivity index (χ1v) is 6.94. The molecule has 114 valence electrons. The molecule has 1 aromatic rings. The molecule has 3 N–H and O–H groups in total. The maximum absolute atomic E-state index is 12.4. The summed E-state index contributed by atoms with van der Waals surface area (Å²) in [5.74, 6) is -0.461. The van der Waals surface area contributed by atoms with Gasteiger partial charge in [0.1, 0.15) is 11.8 Å². The number of benzene rings is 1. The van der Waals surface area contributed by atoms with Gasteiger partial charge in [-0.3, -0.25) is 4.79 Å². The molecule has 1 aliphatic heterocycles. The van der Waals surface area contributed by atoms with E-state index in [4.69, 9.17) is 10.5 Å². The largest absolute Gasteiger partial charge is 0.508 e. The van der Waals surface area contributed by atoms with Crippen molar-refractivity contribution in [3.63, 3.8) is 0 Å². The molecule has 0 saturated carbocycles. The molecule has 2 atom stereocenters. The Hall–Kier alpha value is -2.08. The van der Waals surface area contributed by atoms with Crippen molar-refractivity contribution in [3.05, 3.63) is 29.8 Å². The molecule has 0 bridgehead atoms. The van der Waals surface area contributed by atoms with E-state index in [0.717, 1.165) is 12.0 Å². The van der Waals surface area contributed by atoms with Crippen LogP contribution in [0.3, 0.4) is 0 Å². The van der Waals surface area contributed by atoms with Crippen LogP contribution in [0.25, 0.3) is 0 Å². The zero-order valence-corrected chi connectivity index (χ0v) is 12.0. The molecule has 1 aromatic carbocycles. The molecule has 2 rings (SSSR count). The van der Waals surface area contributed by atoms with E-state index in [-0.39, 0.29) is 11.7 Å². The van der Waals surface area contributed by atoms with Crippen LogP contribution < -0.4 is 5.73 Å². The molecule has 0 radical (unpaired) electrons. The number of hydrogen-bond acceptors (Lipinski definition) is 5. The highest BCUT2D eigenvalue weighted by molar-refractivity contribution is 5.88. The number of carbonyl (C=O) groups excluding carboxylic acids is 2. The first-order chi connectivity index (χ1) is 10.0. The Bertz CT molecular complexity index is 515. The van der Waals surface area contributed by atoms with Crippen LogP contribution in [0.1, 0.15) is 18.4 Å². The molecule has 1 aliphatic rings. The summed E-state index contributed by atoms with van der Waals surface area (Å²) in [7, 11) is 1.32. The fraction of sp³-hybridized carbons (Fsp3) is 0.467. The molecule has 1 heterocycles. The normalized spacial score (nSPS) is 19.3. The predicted octanol–water partition coefficient (Wildman–Crippen LogP) is 0.426. The van der Waals surface area contributed by atoms with E-state index >= 15 is 0 Å². The van der Waals surface area contributed by atoms with Crippen molar-refractivity contribution in [1.82, 2.24) is 4.90 Å². The highest BCUT2D eigenvalue weighted by Crippen LogP contribution is 2.20. The van der Waals surface area contributed by atoms with Gasteiger partial charge in [0.25, 0.3) is 0 Å². The van der Waals surface area contributed by atoms with Gasteiger partial charge < -0.3 is 20.5 Å². The van der Waals surface area contributed by atoms with Crippen molar-refractivity contribution in [2.75, 3.05) is 13.7 Å². The average Bonchev–Trinajstić information content (AvgIpc) is 2.97. The van der Waals surface area contributed by atoms with Crippen LogP contribution in [0, 0.1) is 0 Å². The quantitative estimate of drug-likeness (QED) is 0.785. The van der Waals surface area contributed by atoms with Crippen LogP contribution in [-0.2, 0) is 20.7 Å². The van der Waals surface area contributed by atoms with Crippen molar-refractivity contribution >= 4 is 11.9 Å². The van der Waals surface area contributed by atoms with Crippen LogP contribution in [0.4, 0.5) is 0 Å². The molecular weight excluding hydrogens is 272 g/mol. The minimum atomic E-state index is -0.709. The minimum absolute atomic E-state index is 0.170. The summed E-state index contributed by atoms with van der Waals surface area (Å²) >= 11 is 0. The topological polar surface area (TPSA) is 92.9 Å². The highest BCUT2D eigenvalue weighted by atomic mass is 16.5. The summed E-state index contributed by atoms with van der Waals surface area (Å²) in [5, 5.41) is 9.24. The number of carbonyl (C=O) groups is 2. The van der Waals surface area contributed by atoms with Crippen molar-refractivity contribution < 1.29 is 19.4 Å². The van der Waals surface area contributed by atoms with E-state index in [2.05, 4.69) is 0 Å². The number of likely N-dealkylation sites (tertiary alicyclic amines) is 1. The number of rotatable bonds is 4. The number of nitrogens with zero attached hydrogens (tertiary/aromatic N) is 1. The molecule has 6 nitrogen and oxygen atoms in total. The maximum atomic E-state index is 12.4. The number of nitrogens with two attached hydrogens (primary N) is 1. The summed E-state index contributed by atoms with van der Waals surface area (Å²) in [6.07, 6.45) is 1.76. The molecule has 1 saturated heterocycles. The number of aromatic hydroxyl groups is 1. The fourth-order valence-corrected chi connectivity index (χ4v) is 2.60. The zero-order valence-electron chi connectivity index (χ0n) is 12.0. The van der Waals surface area contributed by atoms with E-state index in [0.29, 0.717) is 19.4 Å². The van der Waals surface area contributed by atoms with E-state index in [9.17, 15) is 14.7 Å². The van der Waals surface area contributed by atoms with Gasteiger partial charge in [0, 0.05) is 6.54 Å². The average molecular weight is 292 g/mol. The molecule has 0 aromatic heterocycles. The number of esters is 1. The molecule has 0 spiro atoms. The Morgan fingerprint density at radius 2 is 2.10 bits per heavy atom. The summed E-state index contributed by atoms with van der Waals surface area (Å²) in [6, 6.07) is 5.33. The first kappa shape index (κ1) is 15.3. The number of phenolic OH excluding ortho intramolecular Hbond substituents is 1. The summed E-state index contributed by atoms with van der Waals surface area (Å²) < 4.78 is 4.72. The van der Waals surface area contributed by atoms with Gasteiger partial charge in [0.2, 0.25) is 5.91 Å².